The fraction of sp³-hybridized carbons (Fsp3) is 0.875. The van der Waals surface area contributed by atoms with Crippen molar-refractivity contribution in [3.63, 3.8) is 0 Å². The van der Waals surface area contributed by atoms with Gasteiger partial charge in [-0.05, 0) is 25.2 Å². The minimum absolute atomic E-state index is 0. The van der Waals surface area contributed by atoms with E-state index in [9.17, 15) is 27.0 Å². The van der Waals surface area contributed by atoms with Crippen LogP contribution >= 0.6 is 12.4 Å². The number of amides is 2. The summed E-state index contributed by atoms with van der Waals surface area (Å²) in [6, 6.07) is -3.15. The zero-order valence-electron chi connectivity index (χ0n) is 16.4. The van der Waals surface area contributed by atoms with Crippen molar-refractivity contribution in [2.24, 2.45) is 17.6 Å². The standard InChI is InChI=1S/C16H32FN3O5S.ClH/c1-6-10(4)13(18)15(22)20-14(11(5)21)16(23)19-12(7-9(2)3)8-26(17,24)25;/h9-14,21H,6-8,18H2,1-5H3,(H,19,23)(H,20,22);1H/t10-,11+,12-,13-,14-;/m0./s1. The molecule has 0 rings (SSSR count). The predicted molar refractivity (Wildman–Crippen MR) is 105 cm³/mol. The lowest BCUT2D eigenvalue weighted by atomic mass is 9.98. The van der Waals surface area contributed by atoms with Gasteiger partial charge in [0.05, 0.1) is 12.1 Å². The first-order valence-electron chi connectivity index (χ1n) is 8.75. The first kappa shape index (κ1) is 28.2. The number of hydrogen-bond donors (Lipinski definition) is 4. The van der Waals surface area contributed by atoms with Crippen molar-refractivity contribution in [1.82, 2.24) is 10.6 Å². The van der Waals surface area contributed by atoms with E-state index in [4.69, 9.17) is 5.73 Å². The summed E-state index contributed by atoms with van der Waals surface area (Å²) in [7, 11) is -4.80. The summed E-state index contributed by atoms with van der Waals surface area (Å²) in [5.74, 6) is -2.39. The van der Waals surface area contributed by atoms with Gasteiger partial charge in [-0.1, -0.05) is 34.1 Å². The molecule has 162 valence electrons. The number of carbonyl (C=O) groups excluding carboxylic acids is 2. The van der Waals surface area contributed by atoms with Gasteiger partial charge < -0.3 is 21.5 Å². The number of halogens is 2. The Morgan fingerprint density at radius 3 is 2.00 bits per heavy atom. The second kappa shape index (κ2) is 12.5. The molecular weight excluding hydrogens is 401 g/mol. The van der Waals surface area contributed by atoms with Gasteiger partial charge in [-0.25, -0.2) is 0 Å². The van der Waals surface area contributed by atoms with E-state index in [-0.39, 0.29) is 30.7 Å². The third kappa shape index (κ3) is 11.5. The Hall–Kier alpha value is -0.970. The Morgan fingerprint density at radius 2 is 1.63 bits per heavy atom. The van der Waals surface area contributed by atoms with Crippen LogP contribution in [0.2, 0.25) is 0 Å². The molecule has 0 saturated heterocycles. The Morgan fingerprint density at radius 1 is 1.11 bits per heavy atom. The van der Waals surface area contributed by atoms with Crippen molar-refractivity contribution in [2.75, 3.05) is 5.75 Å². The number of nitrogens with one attached hydrogen (secondary N) is 2. The lowest BCUT2D eigenvalue weighted by Gasteiger charge is -2.27. The van der Waals surface area contributed by atoms with Gasteiger partial charge in [-0.15, -0.1) is 16.3 Å². The van der Waals surface area contributed by atoms with Crippen molar-refractivity contribution < 1.29 is 27.0 Å². The smallest absolute Gasteiger partial charge is 0.304 e. The zero-order chi connectivity index (χ0) is 20.7. The minimum Gasteiger partial charge on any atom is -0.391 e. The maximum atomic E-state index is 13.0. The van der Waals surface area contributed by atoms with E-state index in [0.717, 1.165) is 0 Å². The van der Waals surface area contributed by atoms with Crippen LogP contribution in [0, 0.1) is 11.8 Å². The maximum Gasteiger partial charge on any atom is 0.304 e. The summed E-state index contributed by atoms with van der Waals surface area (Å²) >= 11 is 0. The van der Waals surface area contributed by atoms with Crippen LogP contribution in [0.1, 0.15) is 47.5 Å². The summed E-state index contributed by atoms with van der Waals surface area (Å²) < 4.78 is 34.9. The molecular formula is C16H33ClFN3O5S. The van der Waals surface area contributed by atoms with E-state index in [0.29, 0.717) is 6.42 Å². The molecule has 27 heavy (non-hydrogen) atoms. The van der Waals surface area contributed by atoms with E-state index in [2.05, 4.69) is 10.6 Å². The molecule has 0 aliphatic carbocycles. The molecule has 2 amide bonds. The van der Waals surface area contributed by atoms with E-state index >= 15 is 0 Å². The third-order valence-corrected chi connectivity index (χ3v) is 4.93. The molecule has 5 atom stereocenters. The van der Waals surface area contributed by atoms with Crippen LogP contribution in [0.5, 0.6) is 0 Å². The molecule has 0 unspecified atom stereocenters. The van der Waals surface area contributed by atoms with Crippen LogP contribution in [0.3, 0.4) is 0 Å². The van der Waals surface area contributed by atoms with E-state index in [1.807, 2.05) is 6.92 Å². The molecule has 8 nitrogen and oxygen atoms in total. The molecule has 0 aliphatic heterocycles. The number of hydrogen-bond acceptors (Lipinski definition) is 6. The average Bonchev–Trinajstić information content (AvgIpc) is 2.47. The number of carbonyl (C=O) groups is 2. The lowest BCUT2D eigenvalue weighted by molar-refractivity contribution is -0.133. The highest BCUT2D eigenvalue weighted by atomic mass is 35.5. The monoisotopic (exact) mass is 433 g/mol. The number of aliphatic hydroxyl groups is 1. The van der Waals surface area contributed by atoms with Gasteiger partial charge in [0.2, 0.25) is 11.8 Å². The largest absolute Gasteiger partial charge is 0.391 e. The first-order chi connectivity index (χ1) is 11.8. The van der Waals surface area contributed by atoms with Gasteiger partial charge in [0, 0.05) is 6.04 Å². The van der Waals surface area contributed by atoms with Crippen LogP contribution in [-0.2, 0) is 19.8 Å². The molecule has 11 heteroatoms. The Labute approximate surface area is 167 Å². The summed E-state index contributed by atoms with van der Waals surface area (Å²) in [6.07, 6.45) is -0.364. The molecule has 0 radical (unpaired) electrons. The van der Waals surface area contributed by atoms with Crippen LogP contribution in [-0.4, -0.2) is 55.3 Å². The summed E-state index contributed by atoms with van der Waals surface area (Å²) in [5.41, 5.74) is 5.82. The second-order valence-electron chi connectivity index (χ2n) is 7.18. The Bertz CT molecular complexity index is 574. The zero-order valence-corrected chi connectivity index (χ0v) is 18.1. The van der Waals surface area contributed by atoms with Gasteiger partial charge in [0.25, 0.3) is 0 Å². The lowest BCUT2D eigenvalue weighted by Crippen LogP contribution is -2.58. The van der Waals surface area contributed by atoms with Crippen LogP contribution in [0.4, 0.5) is 3.89 Å². The fourth-order valence-corrected chi connectivity index (χ4v) is 3.14. The van der Waals surface area contributed by atoms with Gasteiger partial charge in [-0.2, -0.15) is 8.42 Å². The summed E-state index contributed by atoms with van der Waals surface area (Å²) in [5, 5.41) is 14.6. The number of aliphatic hydroxyl groups excluding tert-OH is 1. The van der Waals surface area contributed by atoms with Crippen molar-refractivity contribution in [3.8, 4) is 0 Å². The molecule has 0 spiro atoms. The quantitative estimate of drug-likeness (QED) is 0.349. The van der Waals surface area contributed by atoms with E-state index in [1.165, 1.54) is 6.92 Å². The topological polar surface area (TPSA) is 139 Å². The SMILES string of the molecule is CC[C@H](C)[C@H](N)C(=O)N[C@H](C(=O)N[C@@H](CC(C)C)CS(=O)(=O)F)[C@@H](C)O.Cl. The van der Waals surface area contributed by atoms with Gasteiger partial charge in [-0.3, -0.25) is 9.59 Å². The predicted octanol–water partition coefficient (Wildman–Crippen LogP) is 0.477. The molecule has 0 bridgehead atoms. The molecule has 0 heterocycles. The molecule has 0 fully saturated rings. The minimum atomic E-state index is -4.80. The molecule has 0 aromatic carbocycles. The number of nitrogens with two attached hydrogens (primary N) is 1. The molecule has 0 saturated carbocycles. The fourth-order valence-electron chi connectivity index (χ4n) is 2.44. The molecule has 0 aromatic heterocycles. The van der Waals surface area contributed by atoms with Crippen molar-refractivity contribution in [3.05, 3.63) is 0 Å². The van der Waals surface area contributed by atoms with Crippen molar-refractivity contribution in [2.45, 2.75) is 71.7 Å². The van der Waals surface area contributed by atoms with Crippen LogP contribution in [0.25, 0.3) is 0 Å². The van der Waals surface area contributed by atoms with E-state index in [1.54, 1.807) is 20.8 Å². The normalized spacial score (nSPS) is 17.2. The molecule has 5 N–H and O–H groups in total. The summed E-state index contributed by atoms with van der Waals surface area (Å²) in [6.45, 7) is 8.55. The maximum absolute atomic E-state index is 13.0. The van der Waals surface area contributed by atoms with Gasteiger partial charge in [0.1, 0.15) is 11.8 Å². The second-order valence-corrected chi connectivity index (χ2v) is 8.59. The Kier molecular flexibility index (Phi) is 13.1. The summed E-state index contributed by atoms with van der Waals surface area (Å²) in [4.78, 5) is 24.6. The highest BCUT2D eigenvalue weighted by Gasteiger charge is 2.31. The molecule has 0 aliphatic rings. The average molecular weight is 434 g/mol. The highest BCUT2D eigenvalue weighted by Crippen LogP contribution is 2.10. The first-order valence-corrected chi connectivity index (χ1v) is 10.3. The number of rotatable bonds is 11. The van der Waals surface area contributed by atoms with Crippen molar-refractivity contribution in [1.29, 1.82) is 0 Å². The Balaban J connectivity index is 0. The van der Waals surface area contributed by atoms with Crippen LogP contribution in [0.15, 0.2) is 0 Å². The molecule has 0 aromatic rings. The van der Waals surface area contributed by atoms with Crippen molar-refractivity contribution >= 4 is 34.4 Å². The van der Waals surface area contributed by atoms with E-state index < -0.39 is 52.0 Å². The third-order valence-electron chi connectivity index (χ3n) is 4.12. The van der Waals surface area contributed by atoms with Crippen LogP contribution < -0.4 is 16.4 Å². The highest BCUT2D eigenvalue weighted by molar-refractivity contribution is 7.86. The van der Waals surface area contributed by atoms with Gasteiger partial charge in [0.15, 0.2) is 0 Å². The van der Waals surface area contributed by atoms with Gasteiger partial charge >= 0.3 is 10.2 Å².